The molecule has 0 aliphatic rings. The van der Waals surface area contributed by atoms with Crippen LogP contribution in [0.5, 0.6) is 0 Å². The monoisotopic (exact) mass is 386 g/mol. The highest BCUT2D eigenvalue weighted by atomic mass is 32.2. The first-order chi connectivity index (χ1) is 12.8. The van der Waals surface area contributed by atoms with Crippen LogP contribution in [0, 0.1) is 13.8 Å². The Kier molecular flexibility index (Phi) is 6.93. The van der Waals surface area contributed by atoms with Gasteiger partial charge in [0, 0.05) is 24.9 Å². The van der Waals surface area contributed by atoms with Crippen LogP contribution in [-0.2, 0) is 14.8 Å². The molecule has 2 aromatic carbocycles. The first kappa shape index (κ1) is 20.9. The van der Waals surface area contributed by atoms with Gasteiger partial charge in [0.15, 0.2) is 0 Å². The van der Waals surface area contributed by atoms with E-state index >= 15 is 0 Å². The summed E-state index contributed by atoms with van der Waals surface area (Å²) in [4.78, 5) is 12.4. The summed E-state index contributed by atoms with van der Waals surface area (Å²) in [6.07, 6.45) is 3.11. The second-order valence-electron chi connectivity index (χ2n) is 6.25. The van der Waals surface area contributed by atoms with Crippen LogP contribution < -0.4 is 5.32 Å². The topological polar surface area (TPSA) is 66.5 Å². The predicted octanol–water partition coefficient (Wildman–Crippen LogP) is 3.99. The Labute approximate surface area is 161 Å². The summed E-state index contributed by atoms with van der Waals surface area (Å²) >= 11 is 0. The lowest BCUT2D eigenvalue weighted by molar-refractivity contribution is -0.111. The van der Waals surface area contributed by atoms with Crippen molar-refractivity contribution in [2.45, 2.75) is 32.6 Å². The van der Waals surface area contributed by atoms with Gasteiger partial charge < -0.3 is 5.32 Å². The third kappa shape index (κ3) is 5.05. The minimum Gasteiger partial charge on any atom is -0.322 e. The number of amides is 1. The van der Waals surface area contributed by atoms with Crippen molar-refractivity contribution in [1.29, 1.82) is 0 Å². The Morgan fingerprint density at radius 2 is 1.56 bits per heavy atom. The van der Waals surface area contributed by atoms with Crippen LogP contribution in [0.4, 0.5) is 5.69 Å². The molecular weight excluding hydrogens is 360 g/mol. The molecule has 0 spiro atoms. The number of para-hydroxylation sites is 1. The average molecular weight is 387 g/mol. The molecule has 144 valence electrons. The molecule has 0 saturated carbocycles. The molecule has 2 rings (SSSR count). The molecule has 0 aromatic heterocycles. The maximum absolute atomic E-state index is 12.5. The zero-order valence-corrected chi connectivity index (χ0v) is 17.0. The standard InChI is InChI=1S/C21H26N2O3S/c1-5-23(6-2)27(25,26)19-13-10-18(11-14-19)12-15-20(24)22-21-16(3)8-7-9-17(21)4/h7-15H,5-6H2,1-4H3,(H,22,24)/b15-12+. The minimum atomic E-state index is -3.47. The lowest BCUT2D eigenvalue weighted by atomic mass is 10.1. The summed E-state index contributed by atoms with van der Waals surface area (Å²) in [6.45, 7) is 8.38. The smallest absolute Gasteiger partial charge is 0.248 e. The molecule has 0 saturated heterocycles. The van der Waals surface area contributed by atoms with Crippen molar-refractivity contribution in [2.75, 3.05) is 18.4 Å². The minimum absolute atomic E-state index is 0.229. The molecular formula is C21H26N2O3S. The van der Waals surface area contributed by atoms with E-state index < -0.39 is 10.0 Å². The number of rotatable bonds is 7. The molecule has 0 fully saturated rings. The summed E-state index contributed by atoms with van der Waals surface area (Å²) in [6, 6.07) is 12.4. The van der Waals surface area contributed by atoms with Gasteiger partial charge in [-0.25, -0.2) is 8.42 Å². The first-order valence-corrected chi connectivity index (χ1v) is 10.4. The number of aryl methyl sites for hydroxylation is 2. The molecule has 2 aromatic rings. The Balaban J connectivity index is 2.11. The van der Waals surface area contributed by atoms with Gasteiger partial charge in [-0.05, 0) is 48.7 Å². The number of anilines is 1. The van der Waals surface area contributed by atoms with Gasteiger partial charge >= 0.3 is 0 Å². The van der Waals surface area contributed by atoms with E-state index in [1.165, 1.54) is 10.4 Å². The molecule has 0 radical (unpaired) electrons. The number of hydrogen-bond acceptors (Lipinski definition) is 3. The van der Waals surface area contributed by atoms with Crippen molar-refractivity contribution in [3.8, 4) is 0 Å². The van der Waals surface area contributed by atoms with E-state index in [1.807, 2.05) is 45.9 Å². The van der Waals surface area contributed by atoms with E-state index in [0.29, 0.717) is 13.1 Å². The van der Waals surface area contributed by atoms with Crippen LogP contribution in [0.2, 0.25) is 0 Å². The fourth-order valence-electron chi connectivity index (χ4n) is 2.81. The number of carbonyl (C=O) groups excluding carboxylic acids is 1. The molecule has 0 unspecified atom stereocenters. The summed E-state index contributed by atoms with van der Waals surface area (Å²) in [5.74, 6) is -0.229. The third-order valence-corrected chi connectivity index (χ3v) is 6.44. The van der Waals surface area contributed by atoms with Crippen LogP contribution >= 0.6 is 0 Å². The van der Waals surface area contributed by atoms with Crippen LogP contribution in [-0.4, -0.2) is 31.7 Å². The van der Waals surface area contributed by atoms with Crippen molar-refractivity contribution in [1.82, 2.24) is 4.31 Å². The molecule has 0 atom stereocenters. The van der Waals surface area contributed by atoms with Gasteiger partial charge in [-0.2, -0.15) is 4.31 Å². The summed E-state index contributed by atoms with van der Waals surface area (Å²) < 4.78 is 26.4. The second-order valence-corrected chi connectivity index (χ2v) is 8.19. The molecule has 5 nitrogen and oxygen atoms in total. The average Bonchev–Trinajstić information content (AvgIpc) is 2.64. The Morgan fingerprint density at radius 1 is 1.00 bits per heavy atom. The van der Waals surface area contributed by atoms with Gasteiger partial charge in [-0.15, -0.1) is 0 Å². The van der Waals surface area contributed by atoms with E-state index in [9.17, 15) is 13.2 Å². The van der Waals surface area contributed by atoms with E-state index in [1.54, 1.807) is 30.3 Å². The summed E-state index contributed by atoms with van der Waals surface area (Å²) in [5, 5.41) is 2.89. The van der Waals surface area contributed by atoms with Gasteiger partial charge in [0.1, 0.15) is 0 Å². The number of benzene rings is 2. The maximum atomic E-state index is 12.5. The zero-order chi connectivity index (χ0) is 20.0. The molecule has 1 N–H and O–H groups in total. The van der Waals surface area contributed by atoms with Crippen molar-refractivity contribution < 1.29 is 13.2 Å². The third-order valence-electron chi connectivity index (χ3n) is 4.38. The largest absolute Gasteiger partial charge is 0.322 e. The maximum Gasteiger partial charge on any atom is 0.248 e. The van der Waals surface area contributed by atoms with Crippen LogP contribution in [0.1, 0.15) is 30.5 Å². The fraction of sp³-hybridized carbons (Fsp3) is 0.286. The van der Waals surface area contributed by atoms with Crippen LogP contribution in [0.15, 0.2) is 53.4 Å². The van der Waals surface area contributed by atoms with Gasteiger partial charge in [0.2, 0.25) is 15.9 Å². The number of hydrogen-bond donors (Lipinski definition) is 1. The molecule has 0 aliphatic heterocycles. The van der Waals surface area contributed by atoms with E-state index in [4.69, 9.17) is 0 Å². The van der Waals surface area contributed by atoms with E-state index in [0.717, 1.165) is 22.4 Å². The number of carbonyl (C=O) groups is 1. The Bertz CT molecular complexity index is 908. The number of sulfonamides is 1. The van der Waals surface area contributed by atoms with Crippen molar-refractivity contribution in [2.24, 2.45) is 0 Å². The van der Waals surface area contributed by atoms with Gasteiger partial charge in [0.25, 0.3) is 0 Å². The summed E-state index contributed by atoms with van der Waals surface area (Å²) in [7, 11) is -3.47. The normalized spacial score (nSPS) is 11.9. The lowest BCUT2D eigenvalue weighted by Crippen LogP contribution is -2.30. The van der Waals surface area contributed by atoms with Crippen molar-refractivity contribution in [3.05, 3.63) is 65.2 Å². The number of nitrogens with one attached hydrogen (secondary N) is 1. The van der Waals surface area contributed by atoms with Gasteiger partial charge in [-0.3, -0.25) is 4.79 Å². The van der Waals surface area contributed by atoms with E-state index in [-0.39, 0.29) is 10.8 Å². The molecule has 6 heteroatoms. The van der Waals surface area contributed by atoms with E-state index in [2.05, 4.69) is 5.32 Å². The van der Waals surface area contributed by atoms with Crippen molar-refractivity contribution >= 4 is 27.7 Å². The van der Waals surface area contributed by atoms with Crippen molar-refractivity contribution in [3.63, 3.8) is 0 Å². The molecule has 0 bridgehead atoms. The first-order valence-electron chi connectivity index (χ1n) is 8.95. The predicted molar refractivity (Wildman–Crippen MR) is 110 cm³/mol. The fourth-order valence-corrected chi connectivity index (χ4v) is 4.27. The van der Waals surface area contributed by atoms with Gasteiger partial charge in [0.05, 0.1) is 4.90 Å². The molecule has 0 aliphatic carbocycles. The van der Waals surface area contributed by atoms with Crippen LogP contribution in [0.25, 0.3) is 6.08 Å². The van der Waals surface area contributed by atoms with Gasteiger partial charge in [-0.1, -0.05) is 44.2 Å². The Hall–Kier alpha value is -2.44. The highest BCUT2D eigenvalue weighted by Gasteiger charge is 2.20. The highest BCUT2D eigenvalue weighted by Crippen LogP contribution is 2.20. The SMILES string of the molecule is CCN(CC)S(=O)(=O)c1ccc(/C=C/C(=O)Nc2c(C)cccc2C)cc1. The summed E-state index contributed by atoms with van der Waals surface area (Å²) in [5.41, 5.74) is 3.57. The van der Waals surface area contributed by atoms with Crippen LogP contribution in [0.3, 0.4) is 0 Å². The highest BCUT2D eigenvalue weighted by molar-refractivity contribution is 7.89. The Morgan fingerprint density at radius 3 is 2.07 bits per heavy atom. The zero-order valence-electron chi connectivity index (χ0n) is 16.2. The lowest BCUT2D eigenvalue weighted by Gasteiger charge is -2.18. The number of nitrogens with zero attached hydrogens (tertiary/aromatic N) is 1. The quantitative estimate of drug-likeness (QED) is 0.732. The molecule has 1 amide bonds. The second kappa shape index (κ2) is 8.97. The molecule has 27 heavy (non-hydrogen) atoms. The molecule has 0 heterocycles.